The van der Waals surface area contributed by atoms with Crippen LogP contribution in [0.25, 0.3) is 0 Å². The zero-order valence-corrected chi connectivity index (χ0v) is 8.96. The number of rotatable bonds is 2. The summed E-state index contributed by atoms with van der Waals surface area (Å²) in [6, 6.07) is 3.00. The molecule has 1 amide bonds. The number of carbonyl (C=O) groups excluding carboxylic acids is 1. The van der Waals surface area contributed by atoms with Crippen molar-refractivity contribution in [3.63, 3.8) is 0 Å². The summed E-state index contributed by atoms with van der Waals surface area (Å²) in [4.78, 5) is 27.9. The molecule has 1 aromatic heterocycles. The van der Waals surface area contributed by atoms with E-state index in [0.717, 1.165) is 0 Å². The summed E-state index contributed by atoms with van der Waals surface area (Å²) >= 11 is 0. The van der Waals surface area contributed by atoms with E-state index < -0.39 is 17.9 Å². The van der Waals surface area contributed by atoms with E-state index in [9.17, 15) is 14.7 Å². The number of likely N-dealkylation sites (tertiary alicyclic amines) is 1. The van der Waals surface area contributed by atoms with E-state index >= 15 is 0 Å². The lowest BCUT2D eigenvalue weighted by atomic mass is 10.2. The molecule has 2 N–H and O–H groups in total. The molecule has 1 atom stereocenters. The summed E-state index contributed by atoms with van der Waals surface area (Å²) in [5.74, 6) is -1.95. The lowest BCUT2D eigenvalue weighted by molar-refractivity contribution is -0.141. The van der Waals surface area contributed by atoms with Crippen LogP contribution in [0.5, 0.6) is 5.75 Å². The van der Waals surface area contributed by atoms with Gasteiger partial charge < -0.3 is 15.1 Å². The van der Waals surface area contributed by atoms with Crippen LogP contribution in [0.3, 0.4) is 0 Å². The Balaban J connectivity index is 2.26. The normalized spacial score (nSPS) is 19.3. The Morgan fingerprint density at radius 3 is 2.94 bits per heavy atom. The number of pyridine rings is 1. The van der Waals surface area contributed by atoms with E-state index in [1.807, 2.05) is 0 Å². The lowest BCUT2D eigenvalue weighted by Crippen LogP contribution is -2.40. The second kappa shape index (κ2) is 4.40. The Labute approximate surface area is 97.5 Å². The second-order valence-corrected chi connectivity index (χ2v) is 3.78. The van der Waals surface area contributed by atoms with Gasteiger partial charge in [-0.2, -0.15) is 0 Å². The molecule has 1 saturated heterocycles. The fourth-order valence-corrected chi connectivity index (χ4v) is 1.92. The van der Waals surface area contributed by atoms with Gasteiger partial charge in [-0.3, -0.25) is 4.79 Å². The smallest absolute Gasteiger partial charge is 0.326 e. The SMILES string of the molecule is O=C(O)C1CCCN1C(=O)c1ncc[c]c1O. The highest BCUT2D eigenvalue weighted by molar-refractivity contribution is 5.97. The van der Waals surface area contributed by atoms with E-state index in [0.29, 0.717) is 19.4 Å². The third-order valence-corrected chi connectivity index (χ3v) is 2.72. The molecular weight excluding hydrogens is 224 g/mol. The fraction of sp³-hybridized carbons (Fsp3) is 0.364. The molecule has 0 saturated carbocycles. The van der Waals surface area contributed by atoms with Crippen LogP contribution < -0.4 is 0 Å². The van der Waals surface area contributed by atoms with Gasteiger partial charge in [-0.1, -0.05) is 0 Å². The molecule has 0 bridgehead atoms. The van der Waals surface area contributed by atoms with Gasteiger partial charge >= 0.3 is 5.97 Å². The maximum atomic E-state index is 12.0. The number of amides is 1. The topological polar surface area (TPSA) is 90.7 Å². The molecule has 1 aliphatic rings. The summed E-state index contributed by atoms with van der Waals surface area (Å²) in [6.45, 7) is 0.367. The summed E-state index contributed by atoms with van der Waals surface area (Å²) in [6.07, 6.45) is 2.40. The third kappa shape index (κ3) is 2.06. The average Bonchev–Trinajstić information content (AvgIpc) is 2.77. The minimum atomic E-state index is -1.03. The van der Waals surface area contributed by atoms with E-state index in [4.69, 9.17) is 5.11 Å². The monoisotopic (exact) mass is 235 g/mol. The predicted octanol–water partition coefficient (Wildman–Crippen LogP) is 0.277. The summed E-state index contributed by atoms with van der Waals surface area (Å²) in [7, 11) is 0. The minimum absolute atomic E-state index is 0.152. The van der Waals surface area contributed by atoms with E-state index in [1.54, 1.807) is 0 Å². The van der Waals surface area contributed by atoms with Gasteiger partial charge in [0.05, 0.1) is 0 Å². The van der Waals surface area contributed by atoms with Crippen LogP contribution in [-0.4, -0.2) is 44.6 Å². The molecule has 1 aliphatic heterocycles. The van der Waals surface area contributed by atoms with E-state index in [2.05, 4.69) is 11.1 Å². The molecule has 6 nitrogen and oxygen atoms in total. The van der Waals surface area contributed by atoms with Crippen LogP contribution in [-0.2, 0) is 4.79 Å². The van der Waals surface area contributed by atoms with Gasteiger partial charge in [0, 0.05) is 18.8 Å². The maximum absolute atomic E-state index is 12.0. The molecule has 0 aliphatic carbocycles. The molecular formula is C11H11N2O4. The average molecular weight is 235 g/mol. The zero-order chi connectivity index (χ0) is 12.4. The number of carbonyl (C=O) groups is 2. The van der Waals surface area contributed by atoms with Crippen molar-refractivity contribution < 1.29 is 19.8 Å². The van der Waals surface area contributed by atoms with Gasteiger partial charge in [-0.05, 0) is 18.9 Å². The number of carboxylic acid groups (broad SMARTS) is 1. The Bertz CT molecular complexity index is 461. The van der Waals surface area contributed by atoms with Crippen LogP contribution in [0.4, 0.5) is 0 Å². The van der Waals surface area contributed by atoms with Gasteiger partial charge in [-0.15, -0.1) is 0 Å². The first-order valence-electron chi connectivity index (χ1n) is 5.20. The minimum Gasteiger partial charge on any atom is -0.505 e. The van der Waals surface area contributed by atoms with Crippen molar-refractivity contribution >= 4 is 11.9 Å². The summed E-state index contributed by atoms with van der Waals surface area (Å²) in [5, 5.41) is 18.4. The summed E-state index contributed by atoms with van der Waals surface area (Å²) < 4.78 is 0. The molecule has 6 heteroatoms. The lowest BCUT2D eigenvalue weighted by Gasteiger charge is -2.20. The van der Waals surface area contributed by atoms with Gasteiger partial charge in [0.1, 0.15) is 6.04 Å². The first kappa shape index (κ1) is 11.4. The molecule has 2 heterocycles. The van der Waals surface area contributed by atoms with Crippen molar-refractivity contribution in [1.82, 2.24) is 9.88 Å². The van der Waals surface area contributed by atoms with Crippen molar-refractivity contribution in [2.24, 2.45) is 0 Å². The largest absolute Gasteiger partial charge is 0.505 e. The Morgan fingerprint density at radius 1 is 1.53 bits per heavy atom. The van der Waals surface area contributed by atoms with E-state index in [-0.39, 0.29) is 11.4 Å². The second-order valence-electron chi connectivity index (χ2n) is 3.78. The molecule has 1 unspecified atom stereocenters. The predicted molar refractivity (Wildman–Crippen MR) is 56.4 cm³/mol. The fourth-order valence-electron chi connectivity index (χ4n) is 1.92. The number of carboxylic acids is 1. The van der Waals surface area contributed by atoms with Crippen LogP contribution in [0.15, 0.2) is 12.3 Å². The standard InChI is InChI=1S/C11H11N2O4/c14-8-4-1-5-12-9(8)10(15)13-6-2-3-7(13)11(16)17/h1,5,7,14H,2-3,6H2,(H,16,17). The number of aromatic nitrogens is 1. The van der Waals surface area contributed by atoms with Crippen molar-refractivity contribution in [3.8, 4) is 5.75 Å². The van der Waals surface area contributed by atoms with E-state index in [1.165, 1.54) is 17.2 Å². The molecule has 2 rings (SSSR count). The Hall–Kier alpha value is -2.11. The quantitative estimate of drug-likeness (QED) is 0.768. The number of hydrogen-bond donors (Lipinski definition) is 2. The highest BCUT2D eigenvalue weighted by Gasteiger charge is 2.35. The first-order valence-corrected chi connectivity index (χ1v) is 5.20. The molecule has 1 radical (unpaired) electrons. The summed E-state index contributed by atoms with van der Waals surface area (Å²) in [5.41, 5.74) is -0.152. The zero-order valence-electron chi connectivity index (χ0n) is 8.96. The van der Waals surface area contributed by atoms with Crippen molar-refractivity contribution in [2.75, 3.05) is 6.54 Å². The highest BCUT2D eigenvalue weighted by atomic mass is 16.4. The number of nitrogens with zero attached hydrogens (tertiary/aromatic N) is 2. The van der Waals surface area contributed by atoms with Crippen molar-refractivity contribution in [1.29, 1.82) is 0 Å². The van der Waals surface area contributed by atoms with Crippen LogP contribution in [0.2, 0.25) is 0 Å². The molecule has 0 aromatic carbocycles. The molecule has 17 heavy (non-hydrogen) atoms. The Morgan fingerprint density at radius 2 is 2.29 bits per heavy atom. The number of aliphatic carboxylic acids is 1. The Kier molecular flexibility index (Phi) is 2.95. The number of hydrogen-bond acceptors (Lipinski definition) is 4. The van der Waals surface area contributed by atoms with Gasteiger partial charge in [-0.25, -0.2) is 9.78 Å². The van der Waals surface area contributed by atoms with Gasteiger partial charge in [0.15, 0.2) is 11.4 Å². The third-order valence-electron chi connectivity index (χ3n) is 2.72. The van der Waals surface area contributed by atoms with Crippen molar-refractivity contribution in [3.05, 3.63) is 24.0 Å². The molecule has 89 valence electrons. The van der Waals surface area contributed by atoms with Crippen LogP contribution in [0.1, 0.15) is 23.3 Å². The first-order chi connectivity index (χ1) is 8.11. The highest BCUT2D eigenvalue weighted by Crippen LogP contribution is 2.22. The maximum Gasteiger partial charge on any atom is 0.326 e. The van der Waals surface area contributed by atoms with Crippen LogP contribution in [0, 0.1) is 6.07 Å². The molecule has 1 fully saturated rings. The molecule has 1 aromatic rings. The van der Waals surface area contributed by atoms with Gasteiger partial charge in [0.25, 0.3) is 5.91 Å². The van der Waals surface area contributed by atoms with Crippen molar-refractivity contribution in [2.45, 2.75) is 18.9 Å². The van der Waals surface area contributed by atoms with Gasteiger partial charge in [0.2, 0.25) is 0 Å². The van der Waals surface area contributed by atoms with Crippen LogP contribution >= 0.6 is 0 Å². The number of aromatic hydroxyl groups is 1. The molecule has 0 spiro atoms.